The Morgan fingerprint density at radius 2 is 1.82 bits per heavy atom. The van der Waals surface area contributed by atoms with E-state index >= 15 is 0 Å². The van der Waals surface area contributed by atoms with Crippen LogP contribution in [0, 0.1) is 0 Å². The number of hydrogen-bond donors (Lipinski definition) is 1. The summed E-state index contributed by atoms with van der Waals surface area (Å²) in [5, 5.41) is 0.905. The third-order valence-electron chi connectivity index (χ3n) is 6.78. The minimum absolute atomic E-state index is 0.0820. The van der Waals surface area contributed by atoms with E-state index in [4.69, 9.17) is 29.1 Å². The highest BCUT2D eigenvalue weighted by Crippen LogP contribution is 2.37. The number of carbonyl (C=O) groups excluding carboxylic acids is 1. The van der Waals surface area contributed by atoms with Crippen LogP contribution in [0.25, 0.3) is 22.1 Å². The third kappa shape index (κ3) is 6.84. The monoisotopic (exact) mass is 543 g/mol. The molecule has 4 aromatic rings. The van der Waals surface area contributed by atoms with E-state index in [1.165, 1.54) is 0 Å². The zero-order valence-corrected chi connectivity index (χ0v) is 23.4. The lowest BCUT2D eigenvalue weighted by molar-refractivity contribution is -0.153. The van der Waals surface area contributed by atoms with Gasteiger partial charge in [-0.15, -0.1) is 0 Å². The number of rotatable bonds is 10. The molecule has 1 saturated heterocycles. The van der Waals surface area contributed by atoms with Gasteiger partial charge in [-0.2, -0.15) is 0 Å². The molecule has 1 fully saturated rings. The molecule has 2 N–H and O–H groups in total. The van der Waals surface area contributed by atoms with Crippen molar-refractivity contribution in [3.63, 3.8) is 0 Å². The number of furan rings is 1. The predicted octanol–water partition coefficient (Wildman–Crippen LogP) is 6.58. The Morgan fingerprint density at radius 3 is 2.60 bits per heavy atom. The highest BCUT2D eigenvalue weighted by atomic mass is 16.6. The number of ether oxygens (including phenoxy) is 4. The summed E-state index contributed by atoms with van der Waals surface area (Å²) >= 11 is 0. The largest absolute Gasteiger partial charge is 0.488 e. The number of nitrogens with two attached hydrogens (primary N) is 1. The molecule has 0 radical (unpaired) electrons. The lowest BCUT2D eigenvalue weighted by Gasteiger charge is -2.20. The van der Waals surface area contributed by atoms with Gasteiger partial charge in [-0.3, -0.25) is 4.79 Å². The van der Waals surface area contributed by atoms with Crippen LogP contribution in [0.4, 0.5) is 0 Å². The molecule has 1 atom stereocenters. The molecule has 1 aliphatic heterocycles. The summed E-state index contributed by atoms with van der Waals surface area (Å²) < 4.78 is 29.8. The van der Waals surface area contributed by atoms with Crippen LogP contribution in [-0.4, -0.2) is 30.9 Å². The second kappa shape index (κ2) is 12.1. The van der Waals surface area contributed by atoms with Crippen molar-refractivity contribution in [1.29, 1.82) is 0 Å². The summed E-state index contributed by atoms with van der Waals surface area (Å²) in [6.07, 6.45) is 3.95. The summed E-state index contributed by atoms with van der Waals surface area (Å²) in [4.78, 5) is 12.5. The predicted molar refractivity (Wildman–Crippen MR) is 154 cm³/mol. The minimum atomic E-state index is -0.548. The number of para-hydroxylation sites is 1. The summed E-state index contributed by atoms with van der Waals surface area (Å²) in [6, 6.07) is 19.8. The standard InChI is InChI=1S/C33H37NO6/c1-33(2,3)40-31(35)17-24-9-4-5-12-29(24)37-19-26-20-39-32-28(26)15-25(23-10-6-8-22(14-23)18-34)16-30(32)38-21-27-11-7-13-36-27/h4-6,8-10,12,14-16,20,27H,7,11,13,17-19,21,34H2,1-3H3/t27-/m1/s1. The molecule has 210 valence electrons. The average molecular weight is 544 g/mol. The van der Waals surface area contributed by atoms with E-state index < -0.39 is 5.60 Å². The smallest absolute Gasteiger partial charge is 0.310 e. The molecule has 1 aromatic heterocycles. The molecule has 40 heavy (non-hydrogen) atoms. The molecule has 0 amide bonds. The van der Waals surface area contributed by atoms with E-state index in [1.54, 1.807) is 6.26 Å². The third-order valence-corrected chi connectivity index (χ3v) is 6.78. The molecule has 0 aliphatic carbocycles. The second-order valence-corrected chi connectivity index (χ2v) is 11.1. The van der Waals surface area contributed by atoms with Crippen LogP contribution in [-0.2, 0) is 33.8 Å². The lowest BCUT2D eigenvalue weighted by atomic mass is 10.00. The van der Waals surface area contributed by atoms with Crippen molar-refractivity contribution in [1.82, 2.24) is 0 Å². The minimum Gasteiger partial charge on any atom is -0.488 e. The van der Waals surface area contributed by atoms with Crippen molar-refractivity contribution in [3.8, 4) is 22.6 Å². The summed E-state index contributed by atoms with van der Waals surface area (Å²) in [5.74, 6) is 0.997. The van der Waals surface area contributed by atoms with Crippen LogP contribution < -0.4 is 15.2 Å². The fourth-order valence-electron chi connectivity index (χ4n) is 4.86. The first kappa shape index (κ1) is 27.7. The summed E-state index contributed by atoms with van der Waals surface area (Å²) in [5.41, 5.74) is 10.8. The average Bonchev–Trinajstić information content (AvgIpc) is 3.60. The van der Waals surface area contributed by atoms with Gasteiger partial charge >= 0.3 is 5.97 Å². The van der Waals surface area contributed by atoms with Crippen molar-refractivity contribution >= 4 is 16.9 Å². The van der Waals surface area contributed by atoms with Crippen molar-refractivity contribution in [2.24, 2.45) is 5.73 Å². The van der Waals surface area contributed by atoms with Gasteiger partial charge in [0.2, 0.25) is 0 Å². The first-order valence-electron chi connectivity index (χ1n) is 13.8. The maximum Gasteiger partial charge on any atom is 0.310 e. The topological polar surface area (TPSA) is 93.2 Å². The Hall–Kier alpha value is -3.81. The molecule has 7 nitrogen and oxygen atoms in total. The fraction of sp³-hybridized carbons (Fsp3) is 0.364. The SMILES string of the molecule is CC(C)(C)OC(=O)Cc1ccccc1OCc1coc2c(OC[C@H]3CCCO3)cc(-c3cccc(CN)c3)cc12. The van der Waals surface area contributed by atoms with Gasteiger partial charge in [0, 0.05) is 29.7 Å². The first-order valence-corrected chi connectivity index (χ1v) is 13.8. The zero-order chi connectivity index (χ0) is 28.1. The number of benzene rings is 3. The first-order chi connectivity index (χ1) is 19.3. The van der Waals surface area contributed by atoms with Gasteiger partial charge in [0.25, 0.3) is 0 Å². The van der Waals surface area contributed by atoms with Crippen LogP contribution in [0.3, 0.4) is 0 Å². The summed E-state index contributed by atoms with van der Waals surface area (Å²) in [7, 11) is 0. The number of fused-ring (bicyclic) bond motifs is 1. The van der Waals surface area contributed by atoms with Crippen molar-refractivity contribution < 1.29 is 28.2 Å². The van der Waals surface area contributed by atoms with Crippen LogP contribution in [0.2, 0.25) is 0 Å². The Kier molecular flexibility index (Phi) is 8.43. The van der Waals surface area contributed by atoms with Gasteiger partial charge in [0.15, 0.2) is 11.3 Å². The van der Waals surface area contributed by atoms with Crippen LogP contribution in [0.15, 0.2) is 71.3 Å². The fourth-order valence-corrected chi connectivity index (χ4v) is 4.86. The van der Waals surface area contributed by atoms with E-state index in [1.807, 2.05) is 63.2 Å². The van der Waals surface area contributed by atoms with E-state index in [9.17, 15) is 4.79 Å². The lowest BCUT2D eigenvalue weighted by Crippen LogP contribution is -2.25. The highest BCUT2D eigenvalue weighted by molar-refractivity contribution is 5.91. The number of esters is 1. The van der Waals surface area contributed by atoms with Gasteiger partial charge in [0.05, 0.1) is 18.8 Å². The molecule has 0 spiro atoms. The maximum absolute atomic E-state index is 12.5. The van der Waals surface area contributed by atoms with Gasteiger partial charge in [-0.05, 0) is 74.6 Å². The van der Waals surface area contributed by atoms with Crippen LogP contribution in [0.5, 0.6) is 11.5 Å². The normalized spacial score (nSPS) is 15.3. The second-order valence-electron chi connectivity index (χ2n) is 11.1. The molecule has 0 saturated carbocycles. The molecule has 1 aliphatic rings. The Morgan fingerprint density at radius 1 is 0.975 bits per heavy atom. The van der Waals surface area contributed by atoms with Crippen LogP contribution in [0.1, 0.15) is 50.3 Å². The Balaban J connectivity index is 1.42. The van der Waals surface area contributed by atoms with E-state index in [0.717, 1.165) is 52.7 Å². The summed E-state index contributed by atoms with van der Waals surface area (Å²) in [6.45, 7) is 7.53. The molecular weight excluding hydrogens is 506 g/mol. The molecule has 5 rings (SSSR count). The number of carbonyl (C=O) groups is 1. The van der Waals surface area contributed by atoms with Gasteiger partial charge < -0.3 is 29.1 Å². The quantitative estimate of drug-likeness (QED) is 0.226. The van der Waals surface area contributed by atoms with E-state index in [0.29, 0.717) is 30.2 Å². The Labute approximate surface area is 235 Å². The molecule has 7 heteroatoms. The van der Waals surface area contributed by atoms with Gasteiger partial charge in [0.1, 0.15) is 24.6 Å². The van der Waals surface area contributed by atoms with Crippen molar-refractivity contribution in [2.45, 2.75) is 64.9 Å². The molecule has 0 unspecified atom stereocenters. The van der Waals surface area contributed by atoms with Crippen molar-refractivity contribution in [2.75, 3.05) is 13.2 Å². The zero-order valence-electron chi connectivity index (χ0n) is 23.4. The van der Waals surface area contributed by atoms with Crippen LogP contribution >= 0.6 is 0 Å². The highest BCUT2D eigenvalue weighted by Gasteiger charge is 2.21. The van der Waals surface area contributed by atoms with E-state index in [-0.39, 0.29) is 25.1 Å². The Bertz CT molecular complexity index is 1460. The van der Waals surface area contributed by atoms with Gasteiger partial charge in [-0.25, -0.2) is 0 Å². The maximum atomic E-state index is 12.5. The molecule has 0 bridgehead atoms. The van der Waals surface area contributed by atoms with Gasteiger partial charge in [-0.1, -0.05) is 36.4 Å². The number of hydrogen-bond acceptors (Lipinski definition) is 7. The molecule has 2 heterocycles. The van der Waals surface area contributed by atoms with E-state index in [2.05, 4.69) is 18.2 Å². The van der Waals surface area contributed by atoms with Crippen molar-refractivity contribution in [3.05, 3.63) is 83.6 Å². The molecular formula is C33H37NO6. The molecule has 3 aromatic carbocycles.